The first-order valence-electron chi connectivity index (χ1n) is 5.06. The Balaban J connectivity index is 2.31. The molecule has 1 N–H and O–H groups in total. The Hall–Kier alpha value is -1.64. The van der Waals surface area contributed by atoms with Gasteiger partial charge >= 0.3 is 0 Å². The van der Waals surface area contributed by atoms with Crippen LogP contribution in [0.4, 0.5) is 11.6 Å². The summed E-state index contributed by atoms with van der Waals surface area (Å²) < 4.78 is 0.780. The minimum atomic E-state index is 0.332. The lowest BCUT2D eigenvalue weighted by atomic mass is 10.3. The molecule has 1 aromatic carbocycles. The van der Waals surface area contributed by atoms with Gasteiger partial charge in [0, 0.05) is 15.9 Å². The van der Waals surface area contributed by atoms with Gasteiger partial charge in [0.2, 0.25) is 5.95 Å². The van der Waals surface area contributed by atoms with Crippen molar-refractivity contribution in [2.45, 2.75) is 6.92 Å². The van der Waals surface area contributed by atoms with Gasteiger partial charge in [-0.15, -0.1) is 0 Å². The van der Waals surface area contributed by atoms with E-state index in [9.17, 15) is 0 Å². The molecular formula is C12H8BrClN4. The zero-order valence-electron chi connectivity index (χ0n) is 9.41. The highest BCUT2D eigenvalue weighted by molar-refractivity contribution is 9.10. The maximum atomic E-state index is 8.84. The lowest BCUT2D eigenvalue weighted by molar-refractivity contribution is 1.09. The van der Waals surface area contributed by atoms with Crippen molar-refractivity contribution in [3.05, 3.63) is 45.1 Å². The number of nitriles is 1. The van der Waals surface area contributed by atoms with E-state index in [4.69, 9.17) is 16.9 Å². The molecule has 1 heterocycles. The number of nitrogens with zero attached hydrogens (tertiary/aromatic N) is 3. The fraction of sp³-hybridized carbons (Fsp3) is 0.0833. The Bertz CT molecular complexity index is 636. The maximum absolute atomic E-state index is 8.84. The molecule has 0 saturated carbocycles. The zero-order valence-corrected chi connectivity index (χ0v) is 11.7. The first kappa shape index (κ1) is 12.8. The second-order valence-electron chi connectivity index (χ2n) is 3.58. The molecule has 0 radical (unpaired) electrons. The van der Waals surface area contributed by atoms with Gasteiger partial charge in [0.1, 0.15) is 11.8 Å². The van der Waals surface area contributed by atoms with Crippen molar-refractivity contribution in [1.29, 1.82) is 5.26 Å². The molecule has 0 amide bonds. The quantitative estimate of drug-likeness (QED) is 0.912. The molecule has 0 atom stereocenters. The number of halogens is 2. The molecule has 1 aromatic heterocycles. The lowest BCUT2D eigenvalue weighted by Gasteiger charge is -2.06. The molecule has 0 saturated heterocycles. The van der Waals surface area contributed by atoms with Crippen molar-refractivity contribution < 1.29 is 0 Å². The normalized spacial score (nSPS) is 9.89. The smallest absolute Gasteiger partial charge is 0.228 e. The number of hydrogen-bond donors (Lipinski definition) is 1. The molecule has 6 heteroatoms. The van der Waals surface area contributed by atoms with Crippen molar-refractivity contribution in [3.63, 3.8) is 0 Å². The van der Waals surface area contributed by atoms with Gasteiger partial charge in [0.15, 0.2) is 0 Å². The van der Waals surface area contributed by atoms with Gasteiger partial charge in [0.05, 0.1) is 5.02 Å². The second-order valence-corrected chi connectivity index (χ2v) is 4.85. The van der Waals surface area contributed by atoms with Crippen LogP contribution in [0, 0.1) is 18.3 Å². The highest BCUT2D eigenvalue weighted by atomic mass is 79.9. The monoisotopic (exact) mass is 322 g/mol. The van der Waals surface area contributed by atoms with E-state index in [1.165, 1.54) is 0 Å². The van der Waals surface area contributed by atoms with E-state index in [-0.39, 0.29) is 0 Å². The molecule has 2 aromatic rings. The van der Waals surface area contributed by atoms with Gasteiger partial charge in [-0.2, -0.15) is 5.26 Å². The van der Waals surface area contributed by atoms with Crippen molar-refractivity contribution >= 4 is 39.2 Å². The van der Waals surface area contributed by atoms with Gasteiger partial charge < -0.3 is 5.32 Å². The van der Waals surface area contributed by atoms with E-state index in [2.05, 4.69) is 31.2 Å². The first-order valence-corrected chi connectivity index (χ1v) is 6.23. The van der Waals surface area contributed by atoms with E-state index >= 15 is 0 Å². The highest BCUT2D eigenvalue weighted by Gasteiger charge is 2.04. The molecule has 4 nitrogen and oxygen atoms in total. The van der Waals surface area contributed by atoms with Crippen LogP contribution in [0.1, 0.15) is 11.4 Å². The Morgan fingerprint density at radius 3 is 2.78 bits per heavy atom. The molecule has 2 rings (SSSR count). The molecule has 0 bridgehead atoms. The predicted molar refractivity (Wildman–Crippen MR) is 73.9 cm³/mol. The Kier molecular flexibility index (Phi) is 3.80. The molecule has 0 fully saturated rings. The van der Waals surface area contributed by atoms with Crippen LogP contribution in [-0.2, 0) is 0 Å². The number of nitrogens with one attached hydrogen (secondary N) is 1. The van der Waals surface area contributed by atoms with Crippen LogP contribution in [0.15, 0.2) is 28.7 Å². The molecule has 0 aliphatic heterocycles. The highest BCUT2D eigenvalue weighted by Crippen LogP contribution is 2.26. The minimum Gasteiger partial charge on any atom is -0.324 e. The standard InChI is InChI=1S/C12H8BrClN4/c1-7-4-9(6-15)18-12(16-7)17-8-2-3-11(14)10(13)5-8/h2-5H,1H3,(H,16,17,18). The topological polar surface area (TPSA) is 61.6 Å². The van der Waals surface area contributed by atoms with Crippen molar-refractivity contribution in [2.75, 3.05) is 5.32 Å². The predicted octanol–water partition coefficient (Wildman–Crippen LogP) is 3.82. The zero-order chi connectivity index (χ0) is 13.1. The average Bonchev–Trinajstić information content (AvgIpc) is 2.33. The van der Waals surface area contributed by atoms with Gasteiger partial charge in [-0.05, 0) is 47.1 Å². The van der Waals surface area contributed by atoms with E-state index in [1.54, 1.807) is 12.1 Å². The summed E-state index contributed by atoms with van der Waals surface area (Å²) in [4.78, 5) is 8.28. The summed E-state index contributed by atoms with van der Waals surface area (Å²) in [5.74, 6) is 0.390. The third-order valence-corrected chi connectivity index (χ3v) is 3.36. The SMILES string of the molecule is Cc1cc(C#N)nc(Nc2ccc(Cl)c(Br)c2)n1. The maximum Gasteiger partial charge on any atom is 0.228 e. The third-order valence-electron chi connectivity index (χ3n) is 2.14. The lowest BCUT2D eigenvalue weighted by Crippen LogP contribution is -2.00. The van der Waals surface area contributed by atoms with Gasteiger partial charge in [-0.25, -0.2) is 9.97 Å². The van der Waals surface area contributed by atoms with Gasteiger partial charge in [-0.3, -0.25) is 0 Å². The Labute approximate surface area is 118 Å². The number of hydrogen-bond acceptors (Lipinski definition) is 4. The fourth-order valence-electron chi connectivity index (χ4n) is 1.38. The van der Waals surface area contributed by atoms with E-state index < -0.39 is 0 Å². The average molecular weight is 324 g/mol. The van der Waals surface area contributed by atoms with Crippen LogP contribution in [0.3, 0.4) is 0 Å². The molecule has 0 unspecified atom stereocenters. The van der Waals surface area contributed by atoms with E-state index in [0.717, 1.165) is 15.9 Å². The summed E-state index contributed by atoms with van der Waals surface area (Å²) in [6.07, 6.45) is 0. The van der Waals surface area contributed by atoms with Crippen LogP contribution >= 0.6 is 27.5 Å². The van der Waals surface area contributed by atoms with Crippen LogP contribution in [0.5, 0.6) is 0 Å². The summed E-state index contributed by atoms with van der Waals surface area (Å²) in [5, 5.41) is 12.5. The molecule has 0 spiro atoms. The number of rotatable bonds is 2. The van der Waals surface area contributed by atoms with Crippen molar-refractivity contribution in [3.8, 4) is 6.07 Å². The summed E-state index contributed by atoms with van der Waals surface area (Å²) in [7, 11) is 0. The van der Waals surface area contributed by atoms with Gasteiger partial charge in [-0.1, -0.05) is 11.6 Å². The third kappa shape index (κ3) is 2.97. The first-order chi connectivity index (χ1) is 8.58. The summed E-state index contributed by atoms with van der Waals surface area (Å²) in [5.41, 5.74) is 1.86. The molecule has 0 aliphatic rings. The minimum absolute atomic E-state index is 0.332. The number of anilines is 2. The molecule has 0 aliphatic carbocycles. The van der Waals surface area contributed by atoms with Crippen LogP contribution in [0.25, 0.3) is 0 Å². The molecular weight excluding hydrogens is 316 g/mol. The van der Waals surface area contributed by atoms with Crippen molar-refractivity contribution in [2.24, 2.45) is 0 Å². The van der Waals surface area contributed by atoms with Crippen LogP contribution < -0.4 is 5.32 Å². The summed E-state index contributed by atoms with van der Waals surface area (Å²) >= 11 is 9.24. The van der Waals surface area contributed by atoms with Crippen LogP contribution in [-0.4, -0.2) is 9.97 Å². The summed E-state index contributed by atoms with van der Waals surface area (Å²) in [6, 6.07) is 9.01. The number of aromatic nitrogens is 2. The van der Waals surface area contributed by atoms with Crippen LogP contribution in [0.2, 0.25) is 5.02 Å². The van der Waals surface area contributed by atoms with E-state index in [1.807, 2.05) is 25.1 Å². The largest absolute Gasteiger partial charge is 0.324 e. The second kappa shape index (κ2) is 5.34. The Morgan fingerprint density at radius 2 is 2.11 bits per heavy atom. The fourth-order valence-corrected chi connectivity index (χ4v) is 1.88. The van der Waals surface area contributed by atoms with Gasteiger partial charge in [0.25, 0.3) is 0 Å². The molecule has 90 valence electrons. The summed E-state index contributed by atoms with van der Waals surface area (Å²) in [6.45, 7) is 1.81. The van der Waals surface area contributed by atoms with E-state index in [0.29, 0.717) is 16.7 Å². The van der Waals surface area contributed by atoms with Crippen molar-refractivity contribution in [1.82, 2.24) is 9.97 Å². The Morgan fingerprint density at radius 1 is 1.33 bits per heavy atom. The number of aryl methyl sites for hydroxylation is 1. The molecule has 18 heavy (non-hydrogen) atoms. The number of benzene rings is 1.